The SMILES string of the molecule is CCCCN(CCCC)CCCN1C(=O)c2[nH]nc(-c3ccc(OC)cc3)c2C1c1ccc(OC)cc1. The van der Waals surface area contributed by atoms with Gasteiger partial charge in [0.05, 0.1) is 26.0 Å². The summed E-state index contributed by atoms with van der Waals surface area (Å²) in [5, 5.41) is 7.65. The summed E-state index contributed by atoms with van der Waals surface area (Å²) in [7, 11) is 3.32. The number of aromatic amines is 1. The van der Waals surface area contributed by atoms with Crippen molar-refractivity contribution >= 4 is 5.91 Å². The maximum absolute atomic E-state index is 13.7. The Morgan fingerprint density at radius 1 is 0.865 bits per heavy atom. The van der Waals surface area contributed by atoms with E-state index in [1.807, 2.05) is 41.3 Å². The molecule has 1 atom stereocenters. The molecule has 198 valence electrons. The average Bonchev–Trinajstić information content (AvgIpc) is 3.48. The van der Waals surface area contributed by atoms with Gasteiger partial charge in [-0.3, -0.25) is 9.89 Å². The van der Waals surface area contributed by atoms with E-state index in [9.17, 15) is 4.79 Å². The standard InChI is InChI=1S/C30H40N4O3/c1-5-7-18-33(19-8-6-2)20-9-21-34-29(23-12-16-25(37-4)17-13-23)26-27(31-32-28(26)30(34)35)22-10-14-24(36-3)15-11-22/h10-17,29H,5-9,18-21H2,1-4H3,(H,31,32). The van der Waals surface area contributed by atoms with Crippen molar-refractivity contribution in [1.82, 2.24) is 20.0 Å². The quantitative estimate of drug-likeness (QED) is 0.295. The van der Waals surface area contributed by atoms with Crippen LogP contribution in [0, 0.1) is 0 Å². The topological polar surface area (TPSA) is 70.7 Å². The fraction of sp³-hybridized carbons (Fsp3) is 0.467. The van der Waals surface area contributed by atoms with Gasteiger partial charge in [0, 0.05) is 17.7 Å². The van der Waals surface area contributed by atoms with Gasteiger partial charge in [-0.05, 0) is 80.9 Å². The van der Waals surface area contributed by atoms with E-state index in [1.165, 1.54) is 25.7 Å². The second kappa shape index (κ2) is 12.8. The van der Waals surface area contributed by atoms with Gasteiger partial charge in [-0.15, -0.1) is 0 Å². The maximum Gasteiger partial charge on any atom is 0.273 e. The molecule has 0 bridgehead atoms. The number of rotatable bonds is 14. The molecule has 2 aromatic carbocycles. The summed E-state index contributed by atoms with van der Waals surface area (Å²) in [6.45, 7) is 8.41. The number of nitrogens with one attached hydrogen (secondary N) is 1. The lowest BCUT2D eigenvalue weighted by Gasteiger charge is -2.28. The first-order chi connectivity index (χ1) is 18.1. The maximum atomic E-state index is 13.7. The number of benzene rings is 2. The minimum atomic E-state index is -0.205. The molecule has 0 radical (unpaired) electrons. The molecule has 7 nitrogen and oxygen atoms in total. The highest BCUT2D eigenvalue weighted by molar-refractivity contribution is 6.00. The van der Waals surface area contributed by atoms with E-state index in [0.29, 0.717) is 12.2 Å². The van der Waals surface area contributed by atoms with Gasteiger partial charge in [0.15, 0.2) is 0 Å². The first kappa shape index (κ1) is 26.7. The number of methoxy groups -OCH3 is 2. The number of fused-ring (bicyclic) bond motifs is 1. The van der Waals surface area contributed by atoms with Crippen LogP contribution in [0.3, 0.4) is 0 Å². The lowest BCUT2D eigenvalue weighted by molar-refractivity contribution is 0.0734. The molecule has 0 spiro atoms. The van der Waals surface area contributed by atoms with Gasteiger partial charge in [-0.25, -0.2) is 0 Å². The molecule has 4 rings (SSSR count). The third-order valence-corrected chi connectivity index (χ3v) is 7.19. The number of unbranched alkanes of at least 4 members (excludes halogenated alkanes) is 2. The Morgan fingerprint density at radius 2 is 1.43 bits per heavy atom. The molecule has 1 unspecified atom stereocenters. The van der Waals surface area contributed by atoms with Crippen LogP contribution in [-0.4, -0.2) is 66.3 Å². The molecule has 3 aromatic rings. The minimum absolute atomic E-state index is 0.0109. The van der Waals surface area contributed by atoms with Crippen molar-refractivity contribution in [2.24, 2.45) is 0 Å². The summed E-state index contributed by atoms with van der Waals surface area (Å²) in [6.07, 6.45) is 5.75. The molecule has 37 heavy (non-hydrogen) atoms. The van der Waals surface area contributed by atoms with Crippen molar-refractivity contribution in [3.63, 3.8) is 0 Å². The molecular formula is C30H40N4O3. The fourth-order valence-electron chi connectivity index (χ4n) is 5.09. The number of amides is 1. The molecule has 0 aliphatic carbocycles. The van der Waals surface area contributed by atoms with Gasteiger partial charge in [0.1, 0.15) is 17.2 Å². The molecule has 1 aliphatic rings. The molecule has 1 aliphatic heterocycles. The van der Waals surface area contributed by atoms with Gasteiger partial charge in [0.2, 0.25) is 0 Å². The van der Waals surface area contributed by atoms with Crippen LogP contribution in [0.5, 0.6) is 11.5 Å². The molecule has 7 heteroatoms. The smallest absolute Gasteiger partial charge is 0.273 e. The zero-order valence-corrected chi connectivity index (χ0v) is 22.6. The van der Waals surface area contributed by atoms with Crippen LogP contribution < -0.4 is 9.47 Å². The molecule has 1 amide bonds. The van der Waals surface area contributed by atoms with Crippen LogP contribution >= 0.6 is 0 Å². The molecule has 1 N–H and O–H groups in total. The first-order valence-corrected chi connectivity index (χ1v) is 13.5. The monoisotopic (exact) mass is 504 g/mol. The fourth-order valence-corrected chi connectivity index (χ4v) is 5.09. The number of carbonyl (C=O) groups excluding carboxylic acids is 1. The number of carbonyl (C=O) groups is 1. The van der Waals surface area contributed by atoms with E-state index < -0.39 is 0 Å². The van der Waals surface area contributed by atoms with Crippen LogP contribution in [0.4, 0.5) is 0 Å². The van der Waals surface area contributed by atoms with Crippen LogP contribution in [-0.2, 0) is 0 Å². The lowest BCUT2D eigenvalue weighted by Crippen LogP contribution is -2.34. The third-order valence-electron chi connectivity index (χ3n) is 7.19. The van der Waals surface area contributed by atoms with Crippen molar-refractivity contribution in [1.29, 1.82) is 0 Å². The van der Waals surface area contributed by atoms with Crippen molar-refractivity contribution in [3.05, 3.63) is 65.4 Å². The van der Waals surface area contributed by atoms with E-state index in [2.05, 4.69) is 41.1 Å². The van der Waals surface area contributed by atoms with E-state index >= 15 is 0 Å². The summed E-state index contributed by atoms with van der Waals surface area (Å²) in [5.74, 6) is 1.60. The Hall–Kier alpha value is -3.32. The van der Waals surface area contributed by atoms with Crippen molar-refractivity contribution in [2.45, 2.75) is 52.0 Å². The summed E-state index contributed by atoms with van der Waals surface area (Å²) < 4.78 is 10.7. The number of ether oxygens (including phenoxy) is 2. The highest BCUT2D eigenvalue weighted by Crippen LogP contribution is 2.43. The molecule has 0 fully saturated rings. The van der Waals surface area contributed by atoms with E-state index in [1.54, 1.807) is 14.2 Å². The third kappa shape index (κ3) is 5.99. The highest BCUT2D eigenvalue weighted by Gasteiger charge is 2.41. The zero-order valence-electron chi connectivity index (χ0n) is 22.6. The first-order valence-electron chi connectivity index (χ1n) is 13.5. The number of hydrogen-bond donors (Lipinski definition) is 1. The Kier molecular flexibility index (Phi) is 9.23. The Bertz CT molecular complexity index is 1130. The van der Waals surface area contributed by atoms with Gasteiger partial charge < -0.3 is 19.3 Å². The Labute approximate surface area is 220 Å². The van der Waals surface area contributed by atoms with Gasteiger partial charge in [-0.2, -0.15) is 5.10 Å². The summed E-state index contributed by atoms with van der Waals surface area (Å²) in [5.41, 5.74) is 4.34. The average molecular weight is 505 g/mol. The van der Waals surface area contributed by atoms with Crippen LogP contribution in [0.1, 0.15) is 73.6 Å². The number of aromatic nitrogens is 2. The number of hydrogen-bond acceptors (Lipinski definition) is 5. The van der Waals surface area contributed by atoms with Crippen LogP contribution in [0.15, 0.2) is 48.5 Å². The van der Waals surface area contributed by atoms with E-state index in [0.717, 1.165) is 59.9 Å². The molecular weight excluding hydrogens is 464 g/mol. The van der Waals surface area contributed by atoms with Crippen molar-refractivity contribution in [2.75, 3.05) is 40.4 Å². The Morgan fingerprint density at radius 3 is 2.00 bits per heavy atom. The predicted molar refractivity (Wildman–Crippen MR) is 147 cm³/mol. The van der Waals surface area contributed by atoms with Crippen molar-refractivity contribution in [3.8, 4) is 22.8 Å². The molecule has 0 saturated carbocycles. The van der Waals surface area contributed by atoms with Crippen LogP contribution in [0.25, 0.3) is 11.3 Å². The summed E-state index contributed by atoms with van der Waals surface area (Å²) in [4.78, 5) is 18.2. The van der Waals surface area contributed by atoms with Gasteiger partial charge in [0.25, 0.3) is 5.91 Å². The molecule has 0 saturated heterocycles. The lowest BCUT2D eigenvalue weighted by atomic mass is 9.96. The predicted octanol–water partition coefficient (Wildman–Crippen LogP) is 5.93. The second-order valence-corrected chi connectivity index (χ2v) is 9.67. The number of H-pyrrole nitrogens is 1. The van der Waals surface area contributed by atoms with Gasteiger partial charge >= 0.3 is 0 Å². The zero-order chi connectivity index (χ0) is 26.2. The van der Waals surface area contributed by atoms with E-state index in [-0.39, 0.29) is 11.9 Å². The summed E-state index contributed by atoms with van der Waals surface area (Å²) in [6, 6.07) is 15.7. The van der Waals surface area contributed by atoms with Crippen molar-refractivity contribution < 1.29 is 14.3 Å². The second-order valence-electron chi connectivity index (χ2n) is 9.67. The van der Waals surface area contributed by atoms with Gasteiger partial charge in [-0.1, -0.05) is 38.8 Å². The van der Waals surface area contributed by atoms with E-state index in [4.69, 9.17) is 9.47 Å². The number of nitrogens with zero attached hydrogens (tertiary/aromatic N) is 3. The summed E-state index contributed by atoms with van der Waals surface area (Å²) >= 11 is 0. The largest absolute Gasteiger partial charge is 0.497 e. The molecule has 2 heterocycles. The van der Waals surface area contributed by atoms with Crippen LogP contribution in [0.2, 0.25) is 0 Å². The Balaban J connectivity index is 1.62. The minimum Gasteiger partial charge on any atom is -0.497 e. The highest BCUT2D eigenvalue weighted by atomic mass is 16.5. The molecule has 1 aromatic heterocycles. The normalized spacial score (nSPS) is 14.9.